The highest BCUT2D eigenvalue weighted by atomic mass is 16.2. The Labute approximate surface area is 138 Å². The first-order chi connectivity index (χ1) is 11.1. The van der Waals surface area contributed by atoms with Gasteiger partial charge in [0.25, 0.3) is 0 Å². The summed E-state index contributed by atoms with van der Waals surface area (Å²) in [4.78, 5) is 25.6. The second kappa shape index (κ2) is 6.83. The molecule has 2 aliphatic rings. The lowest BCUT2D eigenvalue weighted by Crippen LogP contribution is -2.48. The fourth-order valence-electron chi connectivity index (χ4n) is 3.76. The van der Waals surface area contributed by atoms with Gasteiger partial charge in [-0.3, -0.25) is 9.69 Å². The van der Waals surface area contributed by atoms with Crippen LogP contribution in [0.1, 0.15) is 38.2 Å². The first-order valence-corrected chi connectivity index (χ1v) is 8.66. The molecule has 2 saturated heterocycles. The molecule has 0 radical (unpaired) electrons. The quantitative estimate of drug-likeness (QED) is 0.896. The van der Waals surface area contributed by atoms with Gasteiger partial charge in [0.1, 0.15) is 0 Å². The van der Waals surface area contributed by atoms with E-state index in [4.69, 9.17) is 0 Å². The summed E-state index contributed by atoms with van der Waals surface area (Å²) in [7, 11) is 1.93. The van der Waals surface area contributed by atoms with Crippen LogP contribution in [-0.2, 0) is 11.3 Å². The topological polar surface area (TPSA) is 61.4 Å². The molecule has 0 aliphatic carbocycles. The fourth-order valence-corrected chi connectivity index (χ4v) is 3.76. The third-order valence-electron chi connectivity index (χ3n) is 5.03. The zero-order chi connectivity index (χ0) is 16.3. The van der Waals surface area contributed by atoms with Crippen LogP contribution in [0.25, 0.3) is 0 Å². The number of nitrogens with one attached hydrogen (secondary N) is 1. The van der Waals surface area contributed by atoms with Crippen molar-refractivity contribution in [1.29, 1.82) is 0 Å². The van der Waals surface area contributed by atoms with E-state index in [1.54, 1.807) is 0 Å². The highest BCUT2D eigenvalue weighted by Gasteiger charge is 2.47. The molecule has 126 valence electrons. The number of likely N-dealkylation sites (tertiary alicyclic amines) is 2. The van der Waals surface area contributed by atoms with Crippen LogP contribution in [0.15, 0.2) is 12.4 Å². The minimum atomic E-state index is -0.142. The van der Waals surface area contributed by atoms with E-state index < -0.39 is 0 Å². The fraction of sp³-hybridized carbons (Fsp3) is 0.706. The van der Waals surface area contributed by atoms with Gasteiger partial charge in [0.05, 0.1) is 5.41 Å². The maximum atomic E-state index is 12.6. The number of piperidine rings is 1. The summed E-state index contributed by atoms with van der Waals surface area (Å²) in [6.45, 7) is 6.59. The molecule has 6 heteroatoms. The molecule has 1 N–H and O–H groups in total. The van der Waals surface area contributed by atoms with Gasteiger partial charge in [-0.1, -0.05) is 6.92 Å². The Morgan fingerprint density at radius 1 is 1.26 bits per heavy atom. The van der Waals surface area contributed by atoms with Gasteiger partial charge in [-0.2, -0.15) is 0 Å². The second-order valence-corrected chi connectivity index (χ2v) is 6.91. The van der Waals surface area contributed by atoms with Crippen molar-refractivity contribution in [2.75, 3.05) is 38.5 Å². The Hall–Kier alpha value is -1.69. The molecule has 1 amide bonds. The van der Waals surface area contributed by atoms with Crippen molar-refractivity contribution in [2.24, 2.45) is 5.41 Å². The molecular formula is C17H27N5O. The summed E-state index contributed by atoms with van der Waals surface area (Å²) < 4.78 is 0. The van der Waals surface area contributed by atoms with Crippen molar-refractivity contribution in [3.8, 4) is 0 Å². The van der Waals surface area contributed by atoms with Gasteiger partial charge in [-0.15, -0.1) is 0 Å². The number of hydrogen-bond acceptors (Lipinski definition) is 5. The van der Waals surface area contributed by atoms with E-state index in [9.17, 15) is 4.79 Å². The van der Waals surface area contributed by atoms with Gasteiger partial charge >= 0.3 is 0 Å². The summed E-state index contributed by atoms with van der Waals surface area (Å²) in [5.74, 6) is 1.03. The van der Waals surface area contributed by atoms with Crippen molar-refractivity contribution in [3.05, 3.63) is 18.0 Å². The van der Waals surface area contributed by atoms with Crippen LogP contribution < -0.4 is 5.32 Å². The smallest absolute Gasteiger partial charge is 0.229 e. The van der Waals surface area contributed by atoms with E-state index in [1.165, 1.54) is 0 Å². The van der Waals surface area contributed by atoms with E-state index in [2.05, 4.69) is 27.1 Å². The van der Waals surface area contributed by atoms with Crippen LogP contribution in [0.4, 0.5) is 5.95 Å². The zero-order valence-corrected chi connectivity index (χ0v) is 14.2. The number of amides is 1. The number of carbonyl (C=O) groups is 1. The van der Waals surface area contributed by atoms with Gasteiger partial charge < -0.3 is 10.2 Å². The van der Waals surface area contributed by atoms with Crippen LogP contribution in [0.3, 0.4) is 0 Å². The standard InChI is InChI=1S/C17H27N5O/c1-3-7-18-16-19-10-14(11-20-16)12-22-9-6-17(13-22)5-4-8-21(2)15(17)23/h10-11H,3-9,12-13H2,1-2H3,(H,18,19,20)/t17-/m1/s1. The highest BCUT2D eigenvalue weighted by molar-refractivity contribution is 5.83. The van der Waals surface area contributed by atoms with Crippen molar-refractivity contribution in [3.63, 3.8) is 0 Å². The average molecular weight is 317 g/mol. The molecule has 2 aliphatic heterocycles. The van der Waals surface area contributed by atoms with E-state index in [0.717, 1.165) is 64.0 Å². The van der Waals surface area contributed by atoms with Crippen molar-refractivity contribution in [1.82, 2.24) is 19.8 Å². The molecule has 23 heavy (non-hydrogen) atoms. The lowest BCUT2D eigenvalue weighted by atomic mass is 9.78. The lowest BCUT2D eigenvalue weighted by molar-refractivity contribution is -0.143. The Morgan fingerprint density at radius 3 is 2.78 bits per heavy atom. The van der Waals surface area contributed by atoms with Gasteiger partial charge in [-0.25, -0.2) is 9.97 Å². The van der Waals surface area contributed by atoms with E-state index in [1.807, 2.05) is 24.3 Å². The van der Waals surface area contributed by atoms with E-state index >= 15 is 0 Å². The molecule has 0 bridgehead atoms. The molecule has 1 atom stereocenters. The lowest BCUT2D eigenvalue weighted by Gasteiger charge is -2.37. The number of nitrogens with zero attached hydrogens (tertiary/aromatic N) is 4. The molecule has 2 fully saturated rings. The van der Waals surface area contributed by atoms with E-state index in [-0.39, 0.29) is 5.41 Å². The van der Waals surface area contributed by atoms with Crippen molar-refractivity contribution < 1.29 is 4.79 Å². The normalized spacial score (nSPS) is 25.3. The molecule has 3 rings (SSSR count). The van der Waals surface area contributed by atoms with Crippen molar-refractivity contribution >= 4 is 11.9 Å². The van der Waals surface area contributed by atoms with Gasteiger partial charge in [0.15, 0.2) is 0 Å². The largest absolute Gasteiger partial charge is 0.354 e. The maximum absolute atomic E-state index is 12.6. The monoisotopic (exact) mass is 317 g/mol. The highest BCUT2D eigenvalue weighted by Crippen LogP contribution is 2.39. The first-order valence-electron chi connectivity index (χ1n) is 8.66. The third-order valence-corrected chi connectivity index (χ3v) is 5.03. The number of rotatable bonds is 5. The predicted octanol–water partition coefficient (Wildman–Crippen LogP) is 1.74. The Bertz CT molecular complexity index is 546. The Morgan fingerprint density at radius 2 is 2.04 bits per heavy atom. The number of anilines is 1. The van der Waals surface area contributed by atoms with Crippen LogP contribution in [0, 0.1) is 5.41 Å². The minimum Gasteiger partial charge on any atom is -0.354 e. The molecule has 0 saturated carbocycles. The Kier molecular flexibility index (Phi) is 4.80. The number of hydrogen-bond donors (Lipinski definition) is 1. The minimum absolute atomic E-state index is 0.142. The van der Waals surface area contributed by atoms with Crippen LogP contribution in [0.5, 0.6) is 0 Å². The predicted molar refractivity (Wildman–Crippen MR) is 90.0 cm³/mol. The summed E-state index contributed by atoms with van der Waals surface area (Å²) in [5.41, 5.74) is 0.969. The van der Waals surface area contributed by atoms with Crippen LogP contribution in [-0.4, -0.2) is 58.9 Å². The van der Waals surface area contributed by atoms with Crippen LogP contribution in [0.2, 0.25) is 0 Å². The summed E-state index contributed by atoms with van der Waals surface area (Å²) >= 11 is 0. The maximum Gasteiger partial charge on any atom is 0.229 e. The van der Waals surface area contributed by atoms with Gasteiger partial charge in [0, 0.05) is 51.2 Å². The van der Waals surface area contributed by atoms with E-state index in [0.29, 0.717) is 11.9 Å². The SMILES string of the molecule is CCCNc1ncc(CN2CC[C@]3(CCCN(C)C3=O)C2)cn1. The zero-order valence-electron chi connectivity index (χ0n) is 14.2. The molecular weight excluding hydrogens is 290 g/mol. The molecule has 1 aromatic rings. The molecule has 0 unspecified atom stereocenters. The second-order valence-electron chi connectivity index (χ2n) is 6.91. The van der Waals surface area contributed by atoms with Gasteiger partial charge in [-0.05, 0) is 32.2 Å². The number of aromatic nitrogens is 2. The third kappa shape index (κ3) is 3.47. The first kappa shape index (κ1) is 16.2. The summed E-state index contributed by atoms with van der Waals surface area (Å²) in [5, 5.41) is 3.19. The summed E-state index contributed by atoms with van der Waals surface area (Å²) in [6.07, 6.45) is 7.98. The Balaban J connectivity index is 1.58. The number of carbonyl (C=O) groups excluding carboxylic acids is 1. The van der Waals surface area contributed by atoms with Crippen LogP contribution >= 0.6 is 0 Å². The molecule has 6 nitrogen and oxygen atoms in total. The molecule has 1 aromatic heterocycles. The average Bonchev–Trinajstić information content (AvgIpc) is 2.96. The molecule has 0 aromatic carbocycles. The molecule has 3 heterocycles. The molecule has 1 spiro atoms. The summed E-state index contributed by atoms with van der Waals surface area (Å²) in [6, 6.07) is 0. The van der Waals surface area contributed by atoms with Gasteiger partial charge in [0.2, 0.25) is 11.9 Å². The van der Waals surface area contributed by atoms with Crippen molar-refractivity contribution in [2.45, 2.75) is 39.2 Å².